The van der Waals surface area contributed by atoms with E-state index in [9.17, 15) is 9.18 Å². The van der Waals surface area contributed by atoms with Crippen molar-refractivity contribution in [1.82, 2.24) is 4.98 Å². The number of hydrogen-bond acceptors (Lipinski definition) is 5. The number of hydrogen-bond donors (Lipinski definition) is 2. The zero-order valence-electron chi connectivity index (χ0n) is 13.9. The second-order valence-corrected chi connectivity index (χ2v) is 6.94. The van der Waals surface area contributed by atoms with Gasteiger partial charge >= 0.3 is 0 Å². The summed E-state index contributed by atoms with van der Waals surface area (Å²) in [5, 5.41) is 3.63. The number of nitrogen functional groups attached to an aromatic ring is 1. The maximum atomic E-state index is 13.8. The molecule has 0 saturated carbocycles. The Morgan fingerprint density at radius 2 is 1.84 bits per heavy atom. The Kier molecular flexibility index (Phi) is 4.81. The van der Waals surface area contributed by atoms with Gasteiger partial charge in [0.15, 0.2) is 5.13 Å². The molecule has 1 heterocycles. The maximum Gasteiger partial charge on any atom is 0.209 e. The molecule has 2 aromatic carbocycles. The van der Waals surface area contributed by atoms with Crippen molar-refractivity contribution in [3.05, 3.63) is 70.4 Å². The monoisotopic (exact) mass is 355 g/mol. The fourth-order valence-electron chi connectivity index (χ4n) is 2.39. The Morgan fingerprint density at radius 1 is 1.16 bits per heavy atom. The van der Waals surface area contributed by atoms with Crippen LogP contribution in [0.5, 0.6) is 0 Å². The van der Waals surface area contributed by atoms with Crippen molar-refractivity contribution in [2.24, 2.45) is 0 Å². The van der Waals surface area contributed by atoms with E-state index in [1.807, 2.05) is 24.3 Å². The first-order valence-corrected chi connectivity index (χ1v) is 8.70. The third kappa shape index (κ3) is 3.69. The Labute approximate surface area is 149 Å². The fourth-order valence-corrected chi connectivity index (χ4v) is 3.25. The van der Waals surface area contributed by atoms with Crippen LogP contribution in [0.2, 0.25) is 0 Å². The van der Waals surface area contributed by atoms with Crippen LogP contribution in [0.4, 0.5) is 21.0 Å². The zero-order chi connectivity index (χ0) is 18.0. The predicted octanol–water partition coefficient (Wildman–Crippen LogP) is 4.96. The predicted molar refractivity (Wildman–Crippen MR) is 100 cm³/mol. The van der Waals surface area contributed by atoms with Gasteiger partial charge < -0.3 is 11.1 Å². The Morgan fingerprint density at radius 3 is 2.48 bits per heavy atom. The largest absolute Gasteiger partial charge is 0.382 e. The van der Waals surface area contributed by atoms with E-state index < -0.39 is 11.6 Å². The molecule has 0 unspecified atom stereocenters. The number of nitrogens with two attached hydrogens (primary N) is 1. The summed E-state index contributed by atoms with van der Waals surface area (Å²) in [5.41, 5.74) is 7.94. The summed E-state index contributed by atoms with van der Waals surface area (Å²) in [6, 6.07) is 13.8. The molecule has 3 rings (SSSR count). The molecule has 6 heteroatoms. The fraction of sp³-hybridized carbons (Fsp3) is 0.158. The van der Waals surface area contributed by atoms with E-state index in [0.29, 0.717) is 11.0 Å². The van der Waals surface area contributed by atoms with Crippen LogP contribution >= 0.6 is 11.3 Å². The van der Waals surface area contributed by atoms with Gasteiger partial charge in [0.05, 0.1) is 5.56 Å². The highest BCUT2D eigenvalue weighted by atomic mass is 32.1. The lowest BCUT2D eigenvalue weighted by molar-refractivity contribution is 0.103. The van der Waals surface area contributed by atoms with Gasteiger partial charge in [-0.25, -0.2) is 9.37 Å². The summed E-state index contributed by atoms with van der Waals surface area (Å²) >= 11 is 1.11. The van der Waals surface area contributed by atoms with Gasteiger partial charge in [0.2, 0.25) is 5.78 Å². The Balaban J connectivity index is 1.83. The van der Waals surface area contributed by atoms with Crippen LogP contribution in [0.3, 0.4) is 0 Å². The topological polar surface area (TPSA) is 68.0 Å². The van der Waals surface area contributed by atoms with Crippen molar-refractivity contribution < 1.29 is 9.18 Å². The molecule has 25 heavy (non-hydrogen) atoms. The number of nitrogens with zero attached hydrogens (tertiary/aromatic N) is 1. The first kappa shape index (κ1) is 17.1. The minimum atomic E-state index is -0.570. The average molecular weight is 355 g/mol. The van der Waals surface area contributed by atoms with Gasteiger partial charge in [-0.05, 0) is 35.7 Å². The van der Waals surface area contributed by atoms with Crippen LogP contribution in [-0.4, -0.2) is 10.8 Å². The molecule has 3 aromatic rings. The highest BCUT2D eigenvalue weighted by molar-refractivity contribution is 7.18. The van der Waals surface area contributed by atoms with E-state index in [1.165, 1.54) is 23.8 Å². The summed E-state index contributed by atoms with van der Waals surface area (Å²) in [5.74, 6) is -0.482. The van der Waals surface area contributed by atoms with Gasteiger partial charge in [-0.15, -0.1) is 0 Å². The molecule has 0 aliphatic carbocycles. The highest BCUT2D eigenvalue weighted by Crippen LogP contribution is 2.30. The number of benzene rings is 2. The minimum Gasteiger partial charge on any atom is -0.382 e. The number of rotatable bonds is 5. The standard InChI is InChI=1S/C19H18FN3OS/c1-11(2)12-7-9-13(10-8-12)22-19-23-18(21)17(25-19)16(24)14-5-3-4-6-15(14)20/h3-11H,21H2,1-2H3,(H,22,23). The lowest BCUT2D eigenvalue weighted by Gasteiger charge is -2.07. The Hall–Kier alpha value is -2.73. The zero-order valence-corrected chi connectivity index (χ0v) is 14.7. The van der Waals surface area contributed by atoms with Gasteiger partial charge in [0.1, 0.15) is 16.5 Å². The lowest BCUT2D eigenvalue weighted by Crippen LogP contribution is -2.04. The molecule has 0 aliphatic rings. The molecule has 0 spiro atoms. The molecule has 3 N–H and O–H groups in total. The molecular formula is C19H18FN3OS. The van der Waals surface area contributed by atoms with Crippen molar-refractivity contribution in [3.63, 3.8) is 0 Å². The van der Waals surface area contributed by atoms with Crippen molar-refractivity contribution in [1.29, 1.82) is 0 Å². The SMILES string of the molecule is CC(C)c1ccc(Nc2nc(N)c(C(=O)c3ccccc3F)s2)cc1. The summed E-state index contributed by atoms with van der Waals surface area (Å²) in [4.78, 5) is 16.9. The minimum absolute atomic E-state index is 0.00862. The van der Waals surface area contributed by atoms with Crippen molar-refractivity contribution >= 4 is 33.8 Å². The number of ketones is 1. The van der Waals surface area contributed by atoms with Crippen LogP contribution in [0.25, 0.3) is 0 Å². The normalized spacial score (nSPS) is 10.9. The van der Waals surface area contributed by atoms with E-state index in [1.54, 1.807) is 6.07 Å². The number of thiazole rings is 1. The number of carbonyl (C=O) groups is 1. The van der Waals surface area contributed by atoms with Crippen LogP contribution in [0.1, 0.15) is 40.6 Å². The van der Waals surface area contributed by atoms with Crippen LogP contribution in [-0.2, 0) is 0 Å². The number of halogens is 1. The number of nitrogens with one attached hydrogen (secondary N) is 1. The molecule has 0 saturated heterocycles. The van der Waals surface area contributed by atoms with Gasteiger partial charge in [-0.2, -0.15) is 0 Å². The van der Waals surface area contributed by atoms with Crippen molar-refractivity contribution in [2.75, 3.05) is 11.1 Å². The van der Waals surface area contributed by atoms with Gasteiger partial charge in [-0.3, -0.25) is 4.79 Å². The van der Waals surface area contributed by atoms with Gasteiger partial charge in [-0.1, -0.05) is 49.4 Å². The number of carbonyl (C=O) groups excluding carboxylic acids is 1. The molecule has 0 atom stereocenters. The molecular weight excluding hydrogens is 337 g/mol. The first-order valence-electron chi connectivity index (χ1n) is 7.88. The summed E-state index contributed by atoms with van der Waals surface area (Å²) in [7, 11) is 0. The molecule has 0 amide bonds. The van der Waals surface area contributed by atoms with Crippen molar-refractivity contribution in [2.45, 2.75) is 19.8 Å². The highest BCUT2D eigenvalue weighted by Gasteiger charge is 2.20. The third-order valence-electron chi connectivity index (χ3n) is 3.81. The number of anilines is 3. The van der Waals surface area contributed by atoms with E-state index in [0.717, 1.165) is 17.0 Å². The van der Waals surface area contributed by atoms with E-state index >= 15 is 0 Å². The quantitative estimate of drug-likeness (QED) is 0.635. The molecule has 4 nitrogen and oxygen atoms in total. The molecule has 0 bridgehead atoms. The van der Waals surface area contributed by atoms with Crippen LogP contribution in [0, 0.1) is 5.82 Å². The lowest BCUT2D eigenvalue weighted by atomic mass is 10.0. The van der Waals surface area contributed by atoms with Gasteiger partial charge in [0, 0.05) is 5.69 Å². The molecule has 0 aliphatic heterocycles. The molecule has 0 fully saturated rings. The second-order valence-electron chi connectivity index (χ2n) is 5.94. The smallest absolute Gasteiger partial charge is 0.209 e. The third-order valence-corrected chi connectivity index (χ3v) is 4.79. The summed E-state index contributed by atoms with van der Waals surface area (Å²) in [6.45, 7) is 4.26. The van der Waals surface area contributed by atoms with E-state index in [-0.39, 0.29) is 16.3 Å². The Bertz CT molecular complexity index is 903. The molecule has 0 radical (unpaired) electrons. The van der Waals surface area contributed by atoms with Crippen LogP contribution in [0.15, 0.2) is 48.5 Å². The average Bonchev–Trinajstić information content (AvgIpc) is 2.95. The molecule has 128 valence electrons. The van der Waals surface area contributed by atoms with Crippen LogP contribution < -0.4 is 11.1 Å². The van der Waals surface area contributed by atoms with E-state index in [2.05, 4.69) is 24.1 Å². The van der Waals surface area contributed by atoms with E-state index in [4.69, 9.17) is 5.73 Å². The summed E-state index contributed by atoms with van der Waals surface area (Å²) in [6.07, 6.45) is 0. The number of aromatic nitrogens is 1. The maximum absolute atomic E-state index is 13.8. The molecule has 1 aromatic heterocycles. The first-order chi connectivity index (χ1) is 12.0. The second kappa shape index (κ2) is 7.03. The summed E-state index contributed by atoms with van der Waals surface area (Å²) < 4.78 is 13.8. The van der Waals surface area contributed by atoms with Gasteiger partial charge in [0.25, 0.3) is 0 Å². The van der Waals surface area contributed by atoms with Crippen molar-refractivity contribution in [3.8, 4) is 0 Å².